The minimum Gasteiger partial charge on any atom is -0.492 e. The van der Waals surface area contributed by atoms with Crippen LogP contribution >= 0.6 is 11.3 Å². The Labute approximate surface area is 238 Å². The van der Waals surface area contributed by atoms with Crippen LogP contribution in [0.25, 0.3) is 10.2 Å². The zero-order valence-electron chi connectivity index (χ0n) is 22.8. The quantitative estimate of drug-likeness (QED) is 0.171. The molecule has 0 unspecified atom stereocenters. The molecule has 1 aliphatic heterocycles. The molecule has 0 saturated carbocycles. The summed E-state index contributed by atoms with van der Waals surface area (Å²) in [5.74, 6) is 0.158. The minimum absolute atomic E-state index is 0.00203. The van der Waals surface area contributed by atoms with E-state index in [1.54, 1.807) is 12.1 Å². The van der Waals surface area contributed by atoms with Crippen molar-refractivity contribution in [2.24, 2.45) is 5.16 Å². The topological polar surface area (TPSA) is 129 Å². The third-order valence-electron chi connectivity index (χ3n) is 6.03. The van der Waals surface area contributed by atoms with E-state index in [1.165, 1.54) is 30.6 Å². The van der Waals surface area contributed by atoms with Gasteiger partial charge in [0.15, 0.2) is 26.8 Å². The van der Waals surface area contributed by atoms with Crippen LogP contribution in [0.3, 0.4) is 0 Å². The van der Waals surface area contributed by atoms with Crippen LogP contribution in [0.15, 0.2) is 52.5 Å². The van der Waals surface area contributed by atoms with Crippen molar-refractivity contribution in [3.63, 3.8) is 0 Å². The first-order valence-electron chi connectivity index (χ1n) is 12.9. The van der Waals surface area contributed by atoms with Gasteiger partial charge in [0, 0.05) is 32.2 Å². The Morgan fingerprint density at radius 2 is 2.00 bits per heavy atom. The third kappa shape index (κ3) is 8.21. The Hall–Kier alpha value is -3.10. The number of anilines is 1. The summed E-state index contributed by atoms with van der Waals surface area (Å²) in [7, 11) is 2.00. The van der Waals surface area contributed by atoms with E-state index in [0.717, 1.165) is 22.5 Å². The number of benzene rings is 2. The molecule has 0 radical (unpaired) electrons. The number of ether oxygens (including phenoxy) is 3. The number of carbonyl (C=O) groups is 1. The molecule has 2 aromatic carbocycles. The fourth-order valence-electron chi connectivity index (χ4n) is 3.83. The lowest BCUT2D eigenvalue weighted by atomic mass is 10.1. The molecule has 1 amide bonds. The molecule has 1 fully saturated rings. The highest BCUT2D eigenvalue weighted by molar-refractivity contribution is 7.91. The molecule has 0 spiro atoms. The lowest BCUT2D eigenvalue weighted by Gasteiger charge is -2.10. The number of nitrogens with zero attached hydrogens (tertiary/aromatic N) is 3. The Kier molecular flexibility index (Phi) is 10.5. The second-order valence-corrected chi connectivity index (χ2v) is 12.6. The second-order valence-electron chi connectivity index (χ2n) is 9.47. The number of nitrogens with one attached hydrogen (secondary N) is 1. The van der Waals surface area contributed by atoms with E-state index in [-0.39, 0.29) is 22.5 Å². The summed E-state index contributed by atoms with van der Waals surface area (Å²) in [5, 5.41) is 7.35. The van der Waals surface area contributed by atoms with Crippen molar-refractivity contribution in [1.82, 2.24) is 9.88 Å². The van der Waals surface area contributed by atoms with Gasteiger partial charge < -0.3 is 23.9 Å². The first-order chi connectivity index (χ1) is 19.2. The molecular weight excluding hydrogens is 556 g/mol. The van der Waals surface area contributed by atoms with E-state index in [1.807, 2.05) is 37.2 Å². The average Bonchev–Trinajstić information content (AvgIpc) is 3.58. The Bertz CT molecular complexity index is 1420. The molecule has 1 saturated heterocycles. The lowest BCUT2D eigenvalue weighted by Crippen LogP contribution is -2.25. The molecule has 1 aromatic heterocycles. The molecule has 216 valence electrons. The van der Waals surface area contributed by atoms with Gasteiger partial charge in [-0.1, -0.05) is 28.6 Å². The van der Waals surface area contributed by atoms with Crippen molar-refractivity contribution in [3.8, 4) is 5.75 Å². The summed E-state index contributed by atoms with van der Waals surface area (Å²) in [4.78, 5) is 25.7. The van der Waals surface area contributed by atoms with E-state index >= 15 is 0 Å². The van der Waals surface area contributed by atoms with Gasteiger partial charge in [-0.2, -0.15) is 0 Å². The third-order valence-corrected chi connectivity index (χ3v) is 8.78. The van der Waals surface area contributed by atoms with Crippen LogP contribution < -0.4 is 10.1 Å². The fourth-order valence-corrected chi connectivity index (χ4v) is 6.00. The minimum atomic E-state index is -3.49. The highest BCUT2D eigenvalue weighted by Gasteiger charge is 2.22. The van der Waals surface area contributed by atoms with Gasteiger partial charge >= 0.3 is 0 Å². The van der Waals surface area contributed by atoms with Crippen LogP contribution in [0.2, 0.25) is 0 Å². The summed E-state index contributed by atoms with van der Waals surface area (Å²) in [5.41, 5.74) is 1.13. The number of sulfone groups is 1. The molecule has 13 heteroatoms. The molecule has 0 aliphatic carbocycles. The zero-order valence-corrected chi connectivity index (χ0v) is 24.4. The van der Waals surface area contributed by atoms with Gasteiger partial charge in [-0.15, -0.1) is 0 Å². The first kappa shape index (κ1) is 29.9. The van der Waals surface area contributed by atoms with Gasteiger partial charge in [0.2, 0.25) is 0 Å². The molecule has 40 heavy (non-hydrogen) atoms. The van der Waals surface area contributed by atoms with E-state index in [4.69, 9.17) is 19.0 Å². The number of amides is 1. The van der Waals surface area contributed by atoms with E-state index in [2.05, 4.69) is 15.5 Å². The number of carbonyl (C=O) groups excluding carboxylic acids is 1. The van der Waals surface area contributed by atoms with Gasteiger partial charge in [0.05, 0.1) is 34.1 Å². The Balaban J connectivity index is 1.52. The fraction of sp³-hybridized carbons (Fsp3) is 0.444. The van der Waals surface area contributed by atoms with Crippen molar-refractivity contribution in [1.29, 1.82) is 0 Å². The SMILES string of the molecule is COCCCS(=O)(=O)c1ccc(C(=NO[C@@H]2CCOC2)C(=O)Nc2nc3ccc(OCCN(C)C)cc3s2)cc1. The van der Waals surface area contributed by atoms with Crippen LogP contribution in [0.4, 0.5) is 5.13 Å². The number of aromatic nitrogens is 1. The predicted octanol–water partition coefficient (Wildman–Crippen LogP) is 3.20. The first-order valence-corrected chi connectivity index (χ1v) is 15.3. The van der Waals surface area contributed by atoms with E-state index in [0.29, 0.717) is 50.0 Å². The number of likely N-dealkylation sites (N-methyl/N-ethyl adjacent to an activating group) is 1. The van der Waals surface area contributed by atoms with Crippen LogP contribution in [0.1, 0.15) is 18.4 Å². The molecule has 11 nitrogen and oxygen atoms in total. The van der Waals surface area contributed by atoms with Crippen molar-refractivity contribution < 1.29 is 32.3 Å². The van der Waals surface area contributed by atoms with Crippen molar-refractivity contribution in [3.05, 3.63) is 48.0 Å². The summed E-state index contributed by atoms with van der Waals surface area (Å²) >= 11 is 1.31. The van der Waals surface area contributed by atoms with Crippen molar-refractivity contribution in [2.75, 3.05) is 65.2 Å². The number of hydrogen-bond donors (Lipinski definition) is 1. The average molecular weight is 591 g/mol. The highest BCUT2D eigenvalue weighted by Crippen LogP contribution is 2.29. The van der Waals surface area contributed by atoms with Crippen LogP contribution in [0, 0.1) is 0 Å². The molecular formula is C27H34N4O7S2. The normalized spacial score (nSPS) is 16.0. The van der Waals surface area contributed by atoms with Crippen LogP contribution in [-0.2, 0) is 28.9 Å². The zero-order chi connectivity index (χ0) is 28.5. The lowest BCUT2D eigenvalue weighted by molar-refractivity contribution is -0.110. The van der Waals surface area contributed by atoms with Crippen molar-refractivity contribution in [2.45, 2.75) is 23.8 Å². The summed E-state index contributed by atoms with van der Waals surface area (Å²) in [6.07, 6.45) is 0.781. The number of oxime groups is 1. The number of rotatable bonds is 14. The van der Waals surface area contributed by atoms with Crippen molar-refractivity contribution >= 4 is 48.1 Å². The summed E-state index contributed by atoms with van der Waals surface area (Å²) in [6, 6.07) is 11.6. The largest absolute Gasteiger partial charge is 0.492 e. The van der Waals surface area contributed by atoms with Gasteiger partial charge in [-0.25, -0.2) is 13.4 Å². The number of fused-ring (bicyclic) bond motifs is 1. The number of methoxy groups -OCH3 is 1. The second kappa shape index (κ2) is 14.0. The molecule has 4 rings (SSSR count). The monoisotopic (exact) mass is 590 g/mol. The molecule has 1 N–H and O–H groups in total. The van der Waals surface area contributed by atoms with Crippen LogP contribution in [0.5, 0.6) is 5.75 Å². The van der Waals surface area contributed by atoms with Crippen LogP contribution in [-0.4, -0.2) is 96.0 Å². The van der Waals surface area contributed by atoms with Gasteiger partial charge in [0.25, 0.3) is 5.91 Å². The Morgan fingerprint density at radius 3 is 2.70 bits per heavy atom. The summed E-state index contributed by atoms with van der Waals surface area (Å²) in [6.45, 7) is 2.64. The number of thiazole rings is 1. The molecule has 3 aromatic rings. The smallest absolute Gasteiger partial charge is 0.280 e. The van der Waals surface area contributed by atoms with Gasteiger partial charge in [0.1, 0.15) is 12.4 Å². The molecule has 1 aliphatic rings. The molecule has 2 heterocycles. The van der Waals surface area contributed by atoms with Gasteiger partial charge in [-0.05, 0) is 50.8 Å². The maximum Gasteiger partial charge on any atom is 0.280 e. The van der Waals surface area contributed by atoms with E-state index < -0.39 is 15.7 Å². The molecule has 1 atom stereocenters. The van der Waals surface area contributed by atoms with E-state index in [9.17, 15) is 13.2 Å². The van der Waals surface area contributed by atoms with Gasteiger partial charge in [-0.3, -0.25) is 10.1 Å². The predicted molar refractivity (Wildman–Crippen MR) is 154 cm³/mol. The molecule has 0 bridgehead atoms. The Morgan fingerprint density at radius 1 is 1.20 bits per heavy atom. The number of hydrogen-bond acceptors (Lipinski definition) is 11. The maximum absolute atomic E-state index is 13.4. The maximum atomic E-state index is 13.4. The standard InChI is InChI=1S/C27H34N4O7S2/c1-31(2)12-15-37-20-7-10-23-24(17-20)39-27(28-23)29-26(32)25(30-38-21-11-14-36-18-21)19-5-8-22(9-6-19)40(33,34)16-4-13-35-3/h5-10,17,21H,4,11-16,18H2,1-3H3,(H,28,29,32)/t21-/m1/s1. The summed E-state index contributed by atoms with van der Waals surface area (Å²) < 4.78 is 42.2. The highest BCUT2D eigenvalue weighted by atomic mass is 32.2.